The third-order valence-corrected chi connectivity index (χ3v) is 5.56. The fourth-order valence-corrected chi connectivity index (χ4v) is 4.10. The highest BCUT2D eigenvalue weighted by molar-refractivity contribution is 5.04. The maximum Gasteiger partial charge on any atom is 0.0129 e. The summed E-state index contributed by atoms with van der Waals surface area (Å²) < 4.78 is 0. The summed E-state index contributed by atoms with van der Waals surface area (Å²) in [5.41, 5.74) is 0.616. The van der Waals surface area contributed by atoms with Crippen LogP contribution in [0.1, 0.15) is 72.6 Å². The largest absolute Gasteiger partial charge is 0.313 e. The molecule has 0 radical (unpaired) electrons. The maximum atomic E-state index is 3.90. The van der Waals surface area contributed by atoms with E-state index < -0.39 is 0 Å². The number of hydrogen-bond donors (Lipinski definition) is 1. The molecule has 18 heavy (non-hydrogen) atoms. The van der Waals surface area contributed by atoms with E-state index >= 15 is 0 Å². The van der Waals surface area contributed by atoms with E-state index in [0.29, 0.717) is 5.41 Å². The molecule has 0 aromatic carbocycles. The second-order valence-corrected chi connectivity index (χ2v) is 7.48. The van der Waals surface area contributed by atoms with Gasteiger partial charge in [-0.05, 0) is 55.4 Å². The molecule has 0 saturated heterocycles. The molecule has 1 nitrogen and oxygen atoms in total. The highest BCUT2D eigenvalue weighted by atomic mass is 14.9. The molecule has 0 heterocycles. The van der Waals surface area contributed by atoms with Crippen LogP contribution in [0.25, 0.3) is 0 Å². The minimum Gasteiger partial charge on any atom is -0.313 e. The number of hydrogen-bond acceptors (Lipinski definition) is 1. The Morgan fingerprint density at radius 1 is 1.22 bits per heavy atom. The van der Waals surface area contributed by atoms with Crippen molar-refractivity contribution in [1.29, 1.82) is 0 Å². The highest BCUT2D eigenvalue weighted by Gasteiger charge is 2.51. The molecule has 0 aliphatic heterocycles. The van der Waals surface area contributed by atoms with Gasteiger partial charge < -0.3 is 5.32 Å². The van der Waals surface area contributed by atoms with E-state index in [0.717, 1.165) is 23.8 Å². The van der Waals surface area contributed by atoms with Gasteiger partial charge in [0.15, 0.2) is 0 Å². The van der Waals surface area contributed by atoms with Gasteiger partial charge in [0, 0.05) is 6.04 Å². The Kier molecular flexibility index (Phi) is 4.75. The zero-order valence-electron chi connectivity index (χ0n) is 13.0. The van der Waals surface area contributed by atoms with Crippen molar-refractivity contribution in [2.24, 2.45) is 23.2 Å². The molecule has 1 N–H and O–H groups in total. The van der Waals surface area contributed by atoms with Gasteiger partial charge in [0.05, 0.1) is 0 Å². The Morgan fingerprint density at radius 3 is 2.50 bits per heavy atom. The minimum atomic E-state index is 0.616. The van der Waals surface area contributed by atoms with Gasteiger partial charge in [0.2, 0.25) is 0 Å². The monoisotopic (exact) mass is 251 g/mol. The zero-order valence-corrected chi connectivity index (χ0v) is 13.0. The van der Waals surface area contributed by atoms with Crippen molar-refractivity contribution >= 4 is 0 Å². The van der Waals surface area contributed by atoms with E-state index in [9.17, 15) is 0 Å². The van der Waals surface area contributed by atoms with Gasteiger partial charge in [0.1, 0.15) is 0 Å². The molecule has 4 unspecified atom stereocenters. The molecule has 2 fully saturated rings. The Morgan fingerprint density at radius 2 is 1.94 bits per heavy atom. The van der Waals surface area contributed by atoms with Crippen molar-refractivity contribution < 1.29 is 0 Å². The summed E-state index contributed by atoms with van der Waals surface area (Å²) in [6.07, 6.45) is 10.0. The fraction of sp³-hybridized carbons (Fsp3) is 1.00. The van der Waals surface area contributed by atoms with Crippen LogP contribution in [0.2, 0.25) is 0 Å². The summed E-state index contributed by atoms with van der Waals surface area (Å²) in [6.45, 7) is 10.8. The lowest BCUT2D eigenvalue weighted by Crippen LogP contribution is -2.41. The van der Waals surface area contributed by atoms with Crippen LogP contribution in [-0.2, 0) is 0 Å². The van der Waals surface area contributed by atoms with Crippen molar-refractivity contribution in [3.8, 4) is 0 Å². The van der Waals surface area contributed by atoms with Crippen LogP contribution in [0, 0.1) is 23.2 Å². The number of nitrogens with one attached hydrogen (secondary N) is 1. The van der Waals surface area contributed by atoms with Gasteiger partial charge >= 0.3 is 0 Å². The first kappa shape index (κ1) is 14.4. The average Bonchev–Trinajstić information content (AvgIpc) is 2.99. The fourth-order valence-electron chi connectivity index (χ4n) is 4.10. The van der Waals surface area contributed by atoms with Crippen molar-refractivity contribution in [3.05, 3.63) is 0 Å². The third kappa shape index (κ3) is 3.29. The lowest BCUT2D eigenvalue weighted by atomic mass is 9.75. The van der Waals surface area contributed by atoms with Crippen LogP contribution in [0.5, 0.6) is 0 Å². The lowest BCUT2D eigenvalue weighted by molar-refractivity contribution is 0.185. The summed E-state index contributed by atoms with van der Waals surface area (Å²) in [5.74, 6) is 2.92. The Bertz CT molecular complexity index is 258. The van der Waals surface area contributed by atoms with Crippen molar-refractivity contribution in [3.63, 3.8) is 0 Å². The van der Waals surface area contributed by atoms with Gasteiger partial charge in [-0.1, -0.05) is 47.0 Å². The van der Waals surface area contributed by atoms with Crippen LogP contribution < -0.4 is 5.32 Å². The van der Waals surface area contributed by atoms with Gasteiger partial charge in [-0.15, -0.1) is 0 Å². The van der Waals surface area contributed by atoms with Crippen LogP contribution in [0.4, 0.5) is 0 Å². The Hall–Kier alpha value is -0.0400. The summed E-state index contributed by atoms with van der Waals surface area (Å²) in [4.78, 5) is 0. The second kappa shape index (κ2) is 5.94. The average molecular weight is 251 g/mol. The summed E-state index contributed by atoms with van der Waals surface area (Å²) in [6, 6.07) is 0.814. The Labute approximate surface area is 114 Å². The molecular formula is C17H33N. The van der Waals surface area contributed by atoms with Gasteiger partial charge in [-0.3, -0.25) is 0 Å². The Balaban J connectivity index is 1.95. The first-order valence-electron chi connectivity index (χ1n) is 8.31. The molecule has 0 aromatic rings. The van der Waals surface area contributed by atoms with E-state index in [-0.39, 0.29) is 0 Å². The molecule has 0 bridgehead atoms. The van der Waals surface area contributed by atoms with Crippen LogP contribution >= 0.6 is 0 Å². The molecule has 0 aromatic heterocycles. The lowest BCUT2D eigenvalue weighted by Gasteiger charge is -2.36. The second-order valence-electron chi connectivity index (χ2n) is 7.48. The van der Waals surface area contributed by atoms with Crippen LogP contribution in [0.3, 0.4) is 0 Å². The molecule has 106 valence electrons. The highest BCUT2D eigenvalue weighted by Crippen LogP contribution is 2.56. The van der Waals surface area contributed by atoms with Crippen molar-refractivity contribution in [2.75, 3.05) is 6.54 Å². The predicted molar refractivity (Wildman–Crippen MR) is 79.7 cm³/mol. The SMILES string of the molecule is CCCNC(C1CCCC(CC)C1)C1CC1(C)C. The summed E-state index contributed by atoms with van der Waals surface area (Å²) >= 11 is 0. The summed E-state index contributed by atoms with van der Waals surface area (Å²) in [5, 5.41) is 3.90. The molecule has 2 aliphatic rings. The molecular weight excluding hydrogens is 218 g/mol. The first-order chi connectivity index (χ1) is 8.58. The molecule has 2 rings (SSSR count). The van der Waals surface area contributed by atoms with Crippen LogP contribution in [-0.4, -0.2) is 12.6 Å². The molecule has 0 amide bonds. The summed E-state index contributed by atoms with van der Waals surface area (Å²) in [7, 11) is 0. The predicted octanol–water partition coefficient (Wildman–Crippen LogP) is 4.62. The molecule has 0 spiro atoms. The van der Waals surface area contributed by atoms with Crippen molar-refractivity contribution in [1.82, 2.24) is 5.32 Å². The minimum absolute atomic E-state index is 0.616. The van der Waals surface area contributed by atoms with E-state index in [2.05, 4.69) is 33.0 Å². The zero-order chi connectivity index (χ0) is 13.2. The molecule has 2 saturated carbocycles. The van der Waals surface area contributed by atoms with Gasteiger partial charge in [-0.25, -0.2) is 0 Å². The van der Waals surface area contributed by atoms with Crippen LogP contribution in [0.15, 0.2) is 0 Å². The van der Waals surface area contributed by atoms with E-state index in [4.69, 9.17) is 0 Å². The normalized spacial score (nSPS) is 36.3. The van der Waals surface area contributed by atoms with Gasteiger partial charge in [-0.2, -0.15) is 0 Å². The van der Waals surface area contributed by atoms with E-state index in [1.807, 2.05) is 0 Å². The van der Waals surface area contributed by atoms with E-state index in [1.165, 1.54) is 51.5 Å². The van der Waals surface area contributed by atoms with Gasteiger partial charge in [0.25, 0.3) is 0 Å². The standard InChI is InChI=1S/C17H33N/c1-5-10-18-16(15-12-17(15,3)4)14-9-7-8-13(6-2)11-14/h13-16,18H,5-12H2,1-4H3. The van der Waals surface area contributed by atoms with Crippen molar-refractivity contribution in [2.45, 2.75) is 78.7 Å². The van der Waals surface area contributed by atoms with E-state index in [1.54, 1.807) is 0 Å². The quantitative estimate of drug-likeness (QED) is 0.726. The molecule has 1 heteroatoms. The topological polar surface area (TPSA) is 12.0 Å². The third-order valence-electron chi connectivity index (χ3n) is 5.56. The maximum absolute atomic E-state index is 3.90. The smallest absolute Gasteiger partial charge is 0.0129 e. The molecule has 2 aliphatic carbocycles. The molecule has 4 atom stereocenters. The number of rotatable bonds is 6. The first-order valence-corrected chi connectivity index (χ1v) is 8.31.